The Morgan fingerprint density at radius 3 is 2.56 bits per heavy atom. The first-order valence-electron chi connectivity index (χ1n) is 9.05. The maximum absolute atomic E-state index is 14.0. The first kappa shape index (κ1) is 17.3. The van der Waals surface area contributed by atoms with Crippen LogP contribution in [-0.4, -0.2) is 36.1 Å². The molecule has 3 heterocycles. The third-order valence-corrected chi connectivity index (χ3v) is 4.64. The van der Waals surface area contributed by atoms with E-state index >= 15 is 0 Å². The number of anilines is 3. The Hall–Kier alpha value is -3.09. The largest absolute Gasteiger partial charge is 0.467 e. The molecule has 0 atom stereocenters. The Morgan fingerprint density at radius 1 is 1.04 bits per heavy atom. The third-order valence-electron chi connectivity index (χ3n) is 4.64. The van der Waals surface area contributed by atoms with Crippen molar-refractivity contribution in [3.05, 3.63) is 66.0 Å². The maximum atomic E-state index is 14.0. The first-order chi connectivity index (χ1) is 13.2. The lowest BCUT2D eigenvalue weighted by Crippen LogP contribution is -2.47. The summed E-state index contributed by atoms with van der Waals surface area (Å²) in [5.41, 5.74) is 1.57. The van der Waals surface area contributed by atoms with Gasteiger partial charge in [0.15, 0.2) is 0 Å². The number of nitrogens with zero attached hydrogens (tertiary/aromatic N) is 4. The van der Waals surface area contributed by atoms with E-state index in [-0.39, 0.29) is 5.82 Å². The summed E-state index contributed by atoms with van der Waals surface area (Å²) in [6.45, 7) is 5.55. The molecular formula is C20H22FN5O. The molecule has 27 heavy (non-hydrogen) atoms. The molecule has 6 nitrogen and oxygen atoms in total. The van der Waals surface area contributed by atoms with Crippen LogP contribution in [0.1, 0.15) is 11.5 Å². The number of hydrogen-bond acceptors (Lipinski definition) is 6. The zero-order chi connectivity index (χ0) is 18.6. The highest BCUT2D eigenvalue weighted by molar-refractivity contribution is 5.51. The van der Waals surface area contributed by atoms with Gasteiger partial charge in [-0.25, -0.2) is 9.37 Å². The Labute approximate surface area is 157 Å². The molecule has 0 spiro atoms. The number of benzene rings is 1. The number of furan rings is 1. The predicted molar refractivity (Wildman–Crippen MR) is 104 cm³/mol. The summed E-state index contributed by atoms with van der Waals surface area (Å²) in [6, 6.07) is 12.7. The van der Waals surface area contributed by atoms with Gasteiger partial charge in [0, 0.05) is 37.9 Å². The van der Waals surface area contributed by atoms with Gasteiger partial charge in [-0.15, -0.1) is 0 Å². The number of aromatic nitrogens is 2. The lowest BCUT2D eigenvalue weighted by molar-refractivity contribution is 0.517. The minimum atomic E-state index is -0.173. The second-order valence-corrected chi connectivity index (χ2v) is 6.55. The lowest BCUT2D eigenvalue weighted by Gasteiger charge is -2.37. The molecule has 1 aliphatic rings. The van der Waals surface area contributed by atoms with E-state index < -0.39 is 0 Å². The molecule has 3 aromatic rings. The minimum absolute atomic E-state index is 0.173. The smallest absolute Gasteiger partial charge is 0.225 e. The Balaban J connectivity index is 1.42. The second kappa shape index (κ2) is 7.65. The fourth-order valence-electron chi connectivity index (χ4n) is 3.26. The number of aryl methyl sites for hydroxylation is 1. The van der Waals surface area contributed by atoms with Gasteiger partial charge in [-0.3, -0.25) is 0 Å². The lowest BCUT2D eigenvalue weighted by atomic mass is 10.2. The van der Waals surface area contributed by atoms with Gasteiger partial charge in [-0.2, -0.15) is 4.98 Å². The highest BCUT2D eigenvalue weighted by Gasteiger charge is 2.21. The van der Waals surface area contributed by atoms with Crippen molar-refractivity contribution in [1.29, 1.82) is 0 Å². The second-order valence-electron chi connectivity index (χ2n) is 6.55. The van der Waals surface area contributed by atoms with E-state index in [0.29, 0.717) is 18.2 Å². The molecule has 4 rings (SSSR count). The Morgan fingerprint density at radius 2 is 1.81 bits per heavy atom. The predicted octanol–water partition coefficient (Wildman–Crippen LogP) is 3.46. The van der Waals surface area contributed by atoms with Crippen molar-refractivity contribution in [2.45, 2.75) is 13.5 Å². The molecule has 1 aromatic carbocycles. The van der Waals surface area contributed by atoms with Crippen LogP contribution in [0.2, 0.25) is 0 Å². The third kappa shape index (κ3) is 4.02. The highest BCUT2D eigenvalue weighted by atomic mass is 19.1. The number of piperazine rings is 1. The van der Waals surface area contributed by atoms with Gasteiger partial charge in [-0.05, 0) is 31.2 Å². The Bertz CT molecular complexity index is 891. The van der Waals surface area contributed by atoms with Crippen LogP contribution in [0, 0.1) is 12.7 Å². The van der Waals surface area contributed by atoms with Gasteiger partial charge in [0.25, 0.3) is 0 Å². The van der Waals surface area contributed by atoms with Crippen LogP contribution in [0.15, 0.2) is 53.1 Å². The monoisotopic (exact) mass is 367 g/mol. The zero-order valence-electron chi connectivity index (χ0n) is 15.2. The van der Waals surface area contributed by atoms with E-state index in [9.17, 15) is 4.39 Å². The van der Waals surface area contributed by atoms with Gasteiger partial charge < -0.3 is 19.5 Å². The summed E-state index contributed by atoms with van der Waals surface area (Å²) >= 11 is 0. The van der Waals surface area contributed by atoms with Gasteiger partial charge in [-0.1, -0.05) is 12.1 Å². The van der Waals surface area contributed by atoms with E-state index in [1.807, 2.05) is 37.3 Å². The normalized spacial score (nSPS) is 14.4. The van der Waals surface area contributed by atoms with Crippen molar-refractivity contribution in [3.63, 3.8) is 0 Å². The zero-order valence-corrected chi connectivity index (χ0v) is 15.2. The standard InChI is InChI=1S/C20H22FN5O/c1-15-13-19(24-20(23-15)22-14-16-5-4-12-27-16)26-10-8-25(9-11-26)18-7-3-2-6-17(18)21/h2-7,12-13H,8-11,14H2,1H3,(H,22,23,24). The fourth-order valence-corrected chi connectivity index (χ4v) is 3.26. The van der Waals surface area contributed by atoms with E-state index in [1.165, 1.54) is 6.07 Å². The van der Waals surface area contributed by atoms with E-state index in [0.717, 1.165) is 43.5 Å². The van der Waals surface area contributed by atoms with Gasteiger partial charge in [0.1, 0.15) is 17.4 Å². The molecule has 0 unspecified atom stereocenters. The quantitative estimate of drug-likeness (QED) is 0.745. The van der Waals surface area contributed by atoms with Crippen LogP contribution in [0.25, 0.3) is 0 Å². The molecule has 0 saturated carbocycles. The van der Waals surface area contributed by atoms with Crippen molar-refractivity contribution in [3.8, 4) is 0 Å². The van der Waals surface area contributed by atoms with Crippen LogP contribution < -0.4 is 15.1 Å². The number of rotatable bonds is 5. The molecule has 2 aromatic heterocycles. The Kier molecular flexibility index (Phi) is 4.91. The molecule has 0 aliphatic carbocycles. The van der Waals surface area contributed by atoms with Gasteiger partial charge in [0.05, 0.1) is 18.5 Å². The summed E-state index contributed by atoms with van der Waals surface area (Å²) in [5.74, 6) is 2.13. The van der Waals surface area contributed by atoms with Gasteiger partial charge >= 0.3 is 0 Å². The summed E-state index contributed by atoms with van der Waals surface area (Å²) < 4.78 is 19.3. The molecule has 1 aliphatic heterocycles. The van der Waals surface area contributed by atoms with Crippen molar-refractivity contribution < 1.29 is 8.81 Å². The van der Waals surface area contributed by atoms with E-state index in [2.05, 4.69) is 25.1 Å². The number of halogens is 1. The van der Waals surface area contributed by atoms with Crippen LogP contribution in [0.3, 0.4) is 0 Å². The molecule has 140 valence electrons. The van der Waals surface area contributed by atoms with Crippen molar-refractivity contribution in [2.24, 2.45) is 0 Å². The molecule has 1 saturated heterocycles. The van der Waals surface area contributed by atoms with Crippen LogP contribution in [0.5, 0.6) is 0 Å². The molecular weight excluding hydrogens is 345 g/mol. The number of nitrogens with one attached hydrogen (secondary N) is 1. The number of hydrogen-bond donors (Lipinski definition) is 1. The summed E-state index contributed by atoms with van der Waals surface area (Å²) in [5, 5.41) is 3.21. The molecule has 7 heteroatoms. The molecule has 1 fully saturated rings. The summed E-state index contributed by atoms with van der Waals surface area (Å²) in [4.78, 5) is 13.4. The van der Waals surface area contributed by atoms with Crippen LogP contribution in [-0.2, 0) is 6.54 Å². The van der Waals surface area contributed by atoms with Gasteiger partial charge in [0.2, 0.25) is 5.95 Å². The van der Waals surface area contributed by atoms with Crippen LogP contribution in [0.4, 0.5) is 21.8 Å². The number of para-hydroxylation sites is 1. The average Bonchev–Trinajstić information content (AvgIpc) is 3.20. The molecule has 0 amide bonds. The highest BCUT2D eigenvalue weighted by Crippen LogP contribution is 2.23. The summed E-state index contributed by atoms with van der Waals surface area (Å²) in [6.07, 6.45) is 1.65. The molecule has 0 radical (unpaired) electrons. The molecule has 1 N–H and O–H groups in total. The molecule has 0 bridgehead atoms. The van der Waals surface area contributed by atoms with Crippen LogP contribution >= 0.6 is 0 Å². The first-order valence-corrected chi connectivity index (χ1v) is 9.05. The van der Waals surface area contributed by atoms with Crippen molar-refractivity contribution in [2.75, 3.05) is 41.3 Å². The minimum Gasteiger partial charge on any atom is -0.467 e. The fraction of sp³-hybridized carbons (Fsp3) is 0.300. The van der Waals surface area contributed by atoms with Crippen molar-refractivity contribution >= 4 is 17.5 Å². The topological polar surface area (TPSA) is 57.4 Å². The van der Waals surface area contributed by atoms with E-state index in [4.69, 9.17) is 4.42 Å². The van der Waals surface area contributed by atoms with Crippen molar-refractivity contribution in [1.82, 2.24) is 9.97 Å². The summed E-state index contributed by atoms with van der Waals surface area (Å²) in [7, 11) is 0. The maximum Gasteiger partial charge on any atom is 0.225 e. The average molecular weight is 367 g/mol. The SMILES string of the molecule is Cc1cc(N2CCN(c3ccccc3F)CC2)nc(NCc2ccco2)n1. The van der Waals surface area contributed by atoms with E-state index in [1.54, 1.807) is 12.3 Å².